The van der Waals surface area contributed by atoms with Crippen LogP contribution in [0.25, 0.3) is 0 Å². The number of hydrogen-bond acceptors (Lipinski definition) is 3. The van der Waals surface area contributed by atoms with E-state index in [0.717, 1.165) is 11.3 Å². The molecule has 1 atom stereocenters. The molecule has 1 N–H and O–H groups in total. The molecule has 1 aromatic carbocycles. The van der Waals surface area contributed by atoms with E-state index in [4.69, 9.17) is 14.6 Å². The largest absolute Gasteiger partial charge is 0.465 e. The molecule has 1 unspecified atom stereocenters. The van der Waals surface area contributed by atoms with E-state index in [1.165, 1.54) is 0 Å². The van der Waals surface area contributed by atoms with Crippen LogP contribution in [0.15, 0.2) is 24.3 Å². The van der Waals surface area contributed by atoms with Crippen molar-refractivity contribution in [2.75, 3.05) is 7.11 Å². The van der Waals surface area contributed by atoms with E-state index in [1.54, 1.807) is 19.2 Å². The molecule has 0 aliphatic rings. The maximum absolute atomic E-state index is 8.79. The van der Waals surface area contributed by atoms with Gasteiger partial charge in [-0.2, -0.15) is 0 Å². The van der Waals surface area contributed by atoms with Gasteiger partial charge in [0.25, 0.3) is 0 Å². The molecule has 0 aromatic heterocycles. The average molecular weight is 182 g/mol. The Labute approximate surface area is 77.9 Å². The van der Waals surface area contributed by atoms with E-state index in [1.807, 2.05) is 19.1 Å². The topological polar surface area (TPSA) is 38.7 Å². The minimum Gasteiger partial charge on any atom is -0.465 e. The number of rotatable bonds is 4. The van der Waals surface area contributed by atoms with E-state index in [-0.39, 0.29) is 12.9 Å². The minimum absolute atomic E-state index is 0.0557. The molecule has 0 amide bonds. The summed E-state index contributed by atoms with van der Waals surface area (Å²) in [5, 5.41) is 8.79. The molecule has 0 heterocycles. The maximum Gasteiger partial charge on any atom is 0.196 e. The van der Waals surface area contributed by atoms with Crippen molar-refractivity contribution in [3.05, 3.63) is 29.8 Å². The first-order valence-corrected chi connectivity index (χ1v) is 4.15. The van der Waals surface area contributed by atoms with E-state index >= 15 is 0 Å². The second-order valence-electron chi connectivity index (χ2n) is 2.72. The third kappa shape index (κ3) is 3.05. The summed E-state index contributed by atoms with van der Waals surface area (Å²) < 4.78 is 10.3. The molecule has 0 aliphatic carbocycles. The highest BCUT2D eigenvalue weighted by atomic mass is 16.7. The zero-order chi connectivity index (χ0) is 9.68. The van der Waals surface area contributed by atoms with E-state index in [2.05, 4.69) is 0 Å². The van der Waals surface area contributed by atoms with Gasteiger partial charge >= 0.3 is 0 Å². The van der Waals surface area contributed by atoms with Crippen molar-refractivity contribution >= 4 is 0 Å². The van der Waals surface area contributed by atoms with Crippen molar-refractivity contribution < 1.29 is 14.6 Å². The lowest BCUT2D eigenvalue weighted by molar-refractivity contribution is -0.0382. The minimum atomic E-state index is -0.250. The molecule has 3 nitrogen and oxygen atoms in total. The van der Waals surface area contributed by atoms with Crippen molar-refractivity contribution in [1.29, 1.82) is 0 Å². The molecule has 72 valence electrons. The summed E-state index contributed by atoms with van der Waals surface area (Å²) in [6.07, 6.45) is -0.250. The number of ether oxygens (including phenoxy) is 2. The molecule has 13 heavy (non-hydrogen) atoms. The third-order valence-corrected chi connectivity index (χ3v) is 1.74. The van der Waals surface area contributed by atoms with Crippen molar-refractivity contribution in [1.82, 2.24) is 0 Å². The lowest BCUT2D eigenvalue weighted by Crippen LogP contribution is -2.13. The number of methoxy groups -OCH3 is 1. The molecule has 0 saturated heterocycles. The van der Waals surface area contributed by atoms with Crippen LogP contribution in [0.3, 0.4) is 0 Å². The van der Waals surface area contributed by atoms with Gasteiger partial charge in [-0.1, -0.05) is 12.1 Å². The number of benzene rings is 1. The van der Waals surface area contributed by atoms with Gasteiger partial charge in [-0.25, -0.2) is 0 Å². The Balaban J connectivity index is 2.58. The molecule has 0 aliphatic heterocycles. The van der Waals surface area contributed by atoms with Crippen LogP contribution in [-0.4, -0.2) is 18.5 Å². The van der Waals surface area contributed by atoms with Gasteiger partial charge in [0.15, 0.2) is 6.29 Å². The van der Waals surface area contributed by atoms with Gasteiger partial charge in [-0.3, -0.25) is 0 Å². The van der Waals surface area contributed by atoms with Gasteiger partial charge in [0.2, 0.25) is 0 Å². The highest BCUT2D eigenvalue weighted by Gasteiger charge is 2.00. The Morgan fingerprint density at radius 1 is 1.31 bits per heavy atom. The predicted octanol–water partition coefficient (Wildman–Crippen LogP) is 1.55. The van der Waals surface area contributed by atoms with Crippen LogP contribution < -0.4 is 4.74 Å². The highest BCUT2D eigenvalue weighted by molar-refractivity contribution is 5.26. The van der Waals surface area contributed by atoms with Gasteiger partial charge in [0.05, 0.1) is 6.61 Å². The molecule has 1 rings (SSSR count). The fraction of sp³-hybridized carbons (Fsp3) is 0.400. The van der Waals surface area contributed by atoms with Crippen LogP contribution in [0.4, 0.5) is 0 Å². The second-order valence-corrected chi connectivity index (χ2v) is 2.72. The van der Waals surface area contributed by atoms with Crippen LogP contribution in [0.2, 0.25) is 0 Å². The lowest BCUT2D eigenvalue weighted by atomic mass is 10.2. The van der Waals surface area contributed by atoms with Gasteiger partial charge < -0.3 is 14.6 Å². The summed E-state index contributed by atoms with van der Waals surface area (Å²) in [6, 6.07) is 7.25. The first-order valence-electron chi connectivity index (χ1n) is 4.15. The summed E-state index contributed by atoms with van der Waals surface area (Å²) in [5.74, 6) is 0.742. The zero-order valence-electron chi connectivity index (χ0n) is 7.86. The monoisotopic (exact) mass is 182 g/mol. The molecule has 0 bridgehead atoms. The Hall–Kier alpha value is -1.06. The predicted molar refractivity (Wildman–Crippen MR) is 49.5 cm³/mol. The van der Waals surface area contributed by atoms with E-state index < -0.39 is 0 Å². The van der Waals surface area contributed by atoms with Crippen molar-refractivity contribution in [3.63, 3.8) is 0 Å². The van der Waals surface area contributed by atoms with Crippen molar-refractivity contribution in [3.8, 4) is 5.75 Å². The summed E-state index contributed by atoms with van der Waals surface area (Å²) in [6.45, 7) is 1.88. The average Bonchev–Trinajstić information content (AvgIpc) is 2.19. The lowest BCUT2D eigenvalue weighted by Gasteiger charge is -2.12. The van der Waals surface area contributed by atoms with Gasteiger partial charge in [0.1, 0.15) is 5.75 Å². The Morgan fingerprint density at radius 2 is 1.92 bits per heavy atom. The summed E-state index contributed by atoms with van der Waals surface area (Å²) in [5.41, 5.74) is 0.873. The number of aliphatic hydroxyl groups excluding tert-OH is 1. The van der Waals surface area contributed by atoms with E-state index in [9.17, 15) is 0 Å². The molecule has 1 aromatic rings. The van der Waals surface area contributed by atoms with Gasteiger partial charge in [-0.05, 0) is 24.6 Å². The van der Waals surface area contributed by atoms with Gasteiger partial charge in [0, 0.05) is 7.11 Å². The molecule has 0 fully saturated rings. The first kappa shape index (κ1) is 10.0. The highest BCUT2D eigenvalue weighted by Crippen LogP contribution is 2.13. The Kier molecular flexibility index (Phi) is 3.73. The van der Waals surface area contributed by atoms with Crippen LogP contribution in [0.1, 0.15) is 12.5 Å². The second kappa shape index (κ2) is 4.84. The fourth-order valence-corrected chi connectivity index (χ4v) is 0.913. The third-order valence-electron chi connectivity index (χ3n) is 1.74. The smallest absolute Gasteiger partial charge is 0.196 e. The standard InChI is InChI=1S/C10H14O3/c1-8(12-2)13-10-5-3-9(7-11)4-6-10/h3-6,8,11H,7H2,1-2H3. The molecular formula is C10H14O3. The summed E-state index contributed by atoms with van der Waals surface area (Å²) in [4.78, 5) is 0. The molecule has 0 spiro atoms. The molecule has 0 radical (unpaired) electrons. The summed E-state index contributed by atoms with van der Waals surface area (Å²) >= 11 is 0. The summed E-state index contributed by atoms with van der Waals surface area (Å²) in [7, 11) is 1.59. The molecular weight excluding hydrogens is 168 g/mol. The van der Waals surface area contributed by atoms with E-state index in [0.29, 0.717) is 0 Å². The zero-order valence-corrected chi connectivity index (χ0v) is 7.86. The number of hydrogen-bond donors (Lipinski definition) is 1. The fourth-order valence-electron chi connectivity index (χ4n) is 0.913. The van der Waals surface area contributed by atoms with Crippen LogP contribution in [-0.2, 0) is 11.3 Å². The van der Waals surface area contributed by atoms with Crippen molar-refractivity contribution in [2.24, 2.45) is 0 Å². The van der Waals surface area contributed by atoms with Crippen LogP contribution >= 0.6 is 0 Å². The number of aliphatic hydroxyl groups is 1. The van der Waals surface area contributed by atoms with Crippen LogP contribution in [0, 0.1) is 0 Å². The maximum atomic E-state index is 8.79. The van der Waals surface area contributed by atoms with Crippen molar-refractivity contribution in [2.45, 2.75) is 19.8 Å². The first-order chi connectivity index (χ1) is 6.26. The SMILES string of the molecule is COC(C)Oc1ccc(CO)cc1. The van der Waals surface area contributed by atoms with Gasteiger partial charge in [-0.15, -0.1) is 0 Å². The molecule has 3 heteroatoms. The Morgan fingerprint density at radius 3 is 2.38 bits per heavy atom. The normalized spacial score (nSPS) is 12.5. The quantitative estimate of drug-likeness (QED) is 0.718. The Bertz CT molecular complexity index is 243. The molecule has 0 saturated carbocycles. The van der Waals surface area contributed by atoms with Crippen LogP contribution in [0.5, 0.6) is 5.75 Å².